The first-order valence-electron chi connectivity index (χ1n) is 8.37. The van der Waals surface area contributed by atoms with Crippen molar-refractivity contribution in [2.24, 2.45) is 0 Å². The van der Waals surface area contributed by atoms with Gasteiger partial charge in [0.05, 0.1) is 25.5 Å². The number of aromatic nitrogens is 3. The van der Waals surface area contributed by atoms with Gasteiger partial charge in [0.2, 0.25) is 5.95 Å². The molecule has 1 aromatic carbocycles. The Hall–Kier alpha value is -2.06. The first-order valence-corrected chi connectivity index (χ1v) is 9.25. The fourth-order valence-corrected chi connectivity index (χ4v) is 3.44. The largest absolute Gasteiger partial charge is 0.465 e. The lowest BCUT2D eigenvalue weighted by molar-refractivity contribution is -0.142. The molecule has 0 spiro atoms. The van der Waals surface area contributed by atoms with E-state index in [0.717, 1.165) is 24.7 Å². The highest BCUT2D eigenvalue weighted by molar-refractivity contribution is 8.00. The maximum Gasteiger partial charge on any atom is 0.319 e. The summed E-state index contributed by atoms with van der Waals surface area (Å²) in [6, 6.07) is 9.93. The maximum absolute atomic E-state index is 12.0. The van der Waals surface area contributed by atoms with Crippen LogP contribution in [0.1, 0.15) is 13.8 Å². The minimum absolute atomic E-state index is 0.247. The number of carbonyl (C=O) groups is 1. The van der Waals surface area contributed by atoms with Crippen LogP contribution in [0.5, 0.6) is 0 Å². The van der Waals surface area contributed by atoms with Crippen molar-refractivity contribution < 1.29 is 14.3 Å². The smallest absolute Gasteiger partial charge is 0.319 e. The molecule has 0 saturated carbocycles. The van der Waals surface area contributed by atoms with Crippen LogP contribution in [0.3, 0.4) is 0 Å². The van der Waals surface area contributed by atoms with Crippen LogP contribution in [0.15, 0.2) is 35.5 Å². The van der Waals surface area contributed by atoms with Crippen LogP contribution in [0.2, 0.25) is 0 Å². The Labute approximate surface area is 151 Å². The minimum atomic E-state index is -0.357. The summed E-state index contributed by atoms with van der Waals surface area (Å²) >= 11 is 1.35. The van der Waals surface area contributed by atoms with Gasteiger partial charge in [-0.15, -0.1) is 10.2 Å². The number of carbonyl (C=O) groups excluding carboxylic acids is 1. The van der Waals surface area contributed by atoms with E-state index in [1.54, 1.807) is 6.92 Å². The number of para-hydroxylation sites is 1. The summed E-state index contributed by atoms with van der Waals surface area (Å²) in [5.74, 6) is 0.524. The van der Waals surface area contributed by atoms with Crippen molar-refractivity contribution in [3.05, 3.63) is 30.3 Å². The highest BCUT2D eigenvalue weighted by Crippen LogP contribution is 2.29. The SMILES string of the molecule is CCOC(=O)[C@H](C)Sc1nnc(N2CCOCC2)n1-c1ccccc1. The van der Waals surface area contributed by atoms with Crippen LogP contribution >= 0.6 is 11.8 Å². The van der Waals surface area contributed by atoms with Crippen molar-refractivity contribution in [2.45, 2.75) is 24.3 Å². The van der Waals surface area contributed by atoms with Crippen LogP contribution < -0.4 is 4.90 Å². The Morgan fingerprint density at radius 3 is 2.68 bits per heavy atom. The summed E-state index contributed by atoms with van der Waals surface area (Å²) in [5, 5.41) is 9.04. The van der Waals surface area contributed by atoms with E-state index in [0.29, 0.717) is 25.0 Å². The molecule has 1 aliphatic rings. The van der Waals surface area contributed by atoms with Gasteiger partial charge in [0.1, 0.15) is 5.25 Å². The third-order valence-corrected chi connectivity index (χ3v) is 4.85. The number of benzene rings is 1. The standard InChI is InChI=1S/C17H22N4O3S/c1-3-24-15(22)13(2)25-17-19-18-16(20-9-11-23-12-10-20)21(17)14-7-5-4-6-8-14/h4-8,13H,3,9-12H2,1-2H3/t13-/m0/s1. The monoisotopic (exact) mass is 362 g/mol. The highest BCUT2D eigenvalue weighted by atomic mass is 32.2. The van der Waals surface area contributed by atoms with Crippen molar-refractivity contribution in [1.82, 2.24) is 14.8 Å². The molecule has 1 aromatic heterocycles. The molecule has 2 aromatic rings. The number of hydrogen-bond donors (Lipinski definition) is 0. The third kappa shape index (κ3) is 4.13. The Kier molecular flexibility index (Phi) is 5.93. The second-order valence-corrected chi connectivity index (χ2v) is 6.87. The molecule has 0 amide bonds. The second-order valence-electron chi connectivity index (χ2n) is 5.57. The van der Waals surface area contributed by atoms with Crippen molar-refractivity contribution in [3.8, 4) is 5.69 Å². The Morgan fingerprint density at radius 1 is 1.28 bits per heavy atom. The molecule has 1 fully saturated rings. The number of rotatable bonds is 6. The van der Waals surface area contributed by atoms with Gasteiger partial charge >= 0.3 is 5.97 Å². The predicted octanol–water partition coefficient (Wildman–Crippen LogP) is 2.15. The molecule has 8 heteroatoms. The molecule has 0 radical (unpaired) electrons. The van der Waals surface area contributed by atoms with Gasteiger partial charge in [-0.2, -0.15) is 0 Å². The topological polar surface area (TPSA) is 69.5 Å². The average molecular weight is 362 g/mol. The Morgan fingerprint density at radius 2 is 2.00 bits per heavy atom. The average Bonchev–Trinajstić information content (AvgIpc) is 3.07. The van der Waals surface area contributed by atoms with Gasteiger partial charge in [-0.25, -0.2) is 0 Å². The first-order chi connectivity index (χ1) is 12.2. The van der Waals surface area contributed by atoms with Gasteiger partial charge in [0, 0.05) is 13.1 Å². The summed E-state index contributed by atoms with van der Waals surface area (Å²) < 4.78 is 12.5. The first kappa shape index (κ1) is 17.8. The van der Waals surface area contributed by atoms with Crippen LogP contribution in [0.4, 0.5) is 5.95 Å². The number of ether oxygens (including phenoxy) is 2. The van der Waals surface area contributed by atoms with Crippen molar-refractivity contribution in [3.63, 3.8) is 0 Å². The number of morpholine rings is 1. The van der Waals surface area contributed by atoms with Gasteiger partial charge in [-0.1, -0.05) is 30.0 Å². The van der Waals surface area contributed by atoms with Crippen molar-refractivity contribution in [2.75, 3.05) is 37.8 Å². The quantitative estimate of drug-likeness (QED) is 0.576. The van der Waals surface area contributed by atoms with E-state index >= 15 is 0 Å². The fraction of sp³-hybridized carbons (Fsp3) is 0.471. The minimum Gasteiger partial charge on any atom is -0.465 e. The maximum atomic E-state index is 12.0. The summed E-state index contributed by atoms with van der Waals surface area (Å²) in [4.78, 5) is 14.1. The van der Waals surface area contributed by atoms with Gasteiger partial charge in [-0.3, -0.25) is 9.36 Å². The fourth-order valence-electron chi connectivity index (χ4n) is 2.58. The summed E-state index contributed by atoms with van der Waals surface area (Å²) in [5.41, 5.74) is 0.965. The summed E-state index contributed by atoms with van der Waals surface area (Å²) in [6.45, 7) is 6.87. The van der Waals surface area contributed by atoms with Crippen LogP contribution in [-0.4, -0.2) is 58.9 Å². The van der Waals surface area contributed by atoms with Gasteiger partial charge in [0.15, 0.2) is 5.16 Å². The van der Waals surface area contributed by atoms with E-state index in [1.807, 2.05) is 41.8 Å². The molecule has 0 bridgehead atoms. The van der Waals surface area contributed by atoms with Crippen molar-refractivity contribution in [1.29, 1.82) is 0 Å². The zero-order valence-corrected chi connectivity index (χ0v) is 15.2. The van der Waals surface area contributed by atoms with Gasteiger partial charge in [0.25, 0.3) is 0 Å². The van der Waals surface area contributed by atoms with Crippen LogP contribution in [0.25, 0.3) is 5.69 Å². The van der Waals surface area contributed by atoms with E-state index < -0.39 is 0 Å². The molecule has 0 aliphatic carbocycles. The van der Waals surface area contributed by atoms with E-state index in [4.69, 9.17) is 9.47 Å². The number of nitrogens with zero attached hydrogens (tertiary/aromatic N) is 4. The van der Waals surface area contributed by atoms with Gasteiger partial charge in [-0.05, 0) is 26.0 Å². The molecule has 25 heavy (non-hydrogen) atoms. The molecule has 0 N–H and O–H groups in total. The molecule has 2 heterocycles. The molecule has 7 nitrogen and oxygen atoms in total. The number of anilines is 1. The normalized spacial score (nSPS) is 15.8. The van der Waals surface area contributed by atoms with E-state index in [1.165, 1.54) is 11.8 Å². The number of hydrogen-bond acceptors (Lipinski definition) is 7. The number of thioether (sulfide) groups is 1. The summed E-state index contributed by atoms with van der Waals surface area (Å²) in [7, 11) is 0. The summed E-state index contributed by atoms with van der Waals surface area (Å²) in [6.07, 6.45) is 0. The molecule has 1 aliphatic heterocycles. The third-order valence-electron chi connectivity index (χ3n) is 3.83. The van der Waals surface area contributed by atoms with E-state index in [9.17, 15) is 4.79 Å². The molecular weight excluding hydrogens is 340 g/mol. The lowest BCUT2D eigenvalue weighted by atomic mass is 10.3. The van der Waals surface area contributed by atoms with Crippen LogP contribution in [0, 0.1) is 0 Å². The Bertz CT molecular complexity index is 701. The van der Waals surface area contributed by atoms with Crippen molar-refractivity contribution >= 4 is 23.7 Å². The lowest BCUT2D eigenvalue weighted by Gasteiger charge is -2.28. The van der Waals surface area contributed by atoms with Crippen LogP contribution in [-0.2, 0) is 14.3 Å². The molecule has 0 unspecified atom stereocenters. The van der Waals surface area contributed by atoms with Gasteiger partial charge < -0.3 is 14.4 Å². The number of esters is 1. The highest BCUT2D eigenvalue weighted by Gasteiger charge is 2.25. The molecule has 3 rings (SSSR count). The zero-order valence-electron chi connectivity index (χ0n) is 14.4. The zero-order chi connectivity index (χ0) is 17.6. The Balaban J connectivity index is 1.92. The second kappa shape index (κ2) is 8.35. The lowest BCUT2D eigenvalue weighted by Crippen LogP contribution is -2.37. The molecular formula is C17H22N4O3S. The van der Waals surface area contributed by atoms with E-state index in [2.05, 4.69) is 15.1 Å². The molecule has 1 atom stereocenters. The van der Waals surface area contributed by atoms with E-state index in [-0.39, 0.29) is 11.2 Å². The predicted molar refractivity (Wildman–Crippen MR) is 96.3 cm³/mol. The molecule has 134 valence electrons. The molecule has 1 saturated heterocycles.